The lowest BCUT2D eigenvalue weighted by atomic mass is 9.96. The smallest absolute Gasteiger partial charge is 0.220 e. The van der Waals surface area contributed by atoms with Crippen molar-refractivity contribution < 1.29 is 89.4 Å². The van der Waals surface area contributed by atoms with Crippen molar-refractivity contribution in [2.75, 3.05) is 26.4 Å². The first kappa shape index (κ1) is 64.8. The number of aliphatic hydroxyl groups excluding tert-OH is 11. The average molecular weight is 1040 g/mol. The van der Waals surface area contributed by atoms with Crippen molar-refractivity contribution >= 4 is 5.91 Å². The van der Waals surface area contributed by atoms with Crippen LogP contribution in [0.5, 0.6) is 0 Å². The molecular weight excluding hydrogens is 939 g/mol. The fourth-order valence-corrected chi connectivity index (χ4v) is 9.67. The van der Waals surface area contributed by atoms with E-state index in [0.717, 1.165) is 70.6 Å². The van der Waals surface area contributed by atoms with Gasteiger partial charge in [-0.3, -0.25) is 4.79 Å². The van der Waals surface area contributed by atoms with Gasteiger partial charge in [-0.05, 0) is 32.1 Å². The van der Waals surface area contributed by atoms with Crippen LogP contribution < -0.4 is 5.32 Å². The van der Waals surface area contributed by atoms with Crippen LogP contribution in [-0.2, 0) is 33.2 Å². The van der Waals surface area contributed by atoms with Gasteiger partial charge in [0.15, 0.2) is 18.9 Å². The number of carbonyl (C=O) groups excluding carboxylic acids is 1. The van der Waals surface area contributed by atoms with Crippen molar-refractivity contribution in [2.24, 2.45) is 0 Å². The maximum absolute atomic E-state index is 13.2. The molecule has 3 fully saturated rings. The third kappa shape index (κ3) is 23.0. The maximum atomic E-state index is 13.2. The molecule has 17 atom stereocenters. The third-order valence-corrected chi connectivity index (χ3v) is 14.3. The van der Waals surface area contributed by atoms with E-state index in [4.69, 9.17) is 28.4 Å². The molecule has 1 amide bonds. The van der Waals surface area contributed by atoms with Gasteiger partial charge >= 0.3 is 0 Å². The number of carbonyl (C=O) groups is 1. The van der Waals surface area contributed by atoms with Gasteiger partial charge in [0, 0.05) is 6.42 Å². The van der Waals surface area contributed by atoms with Gasteiger partial charge in [0.1, 0.15) is 73.2 Å². The summed E-state index contributed by atoms with van der Waals surface area (Å²) in [5, 5.41) is 120. The zero-order valence-electron chi connectivity index (χ0n) is 43.7. The van der Waals surface area contributed by atoms with Crippen LogP contribution in [0.1, 0.15) is 187 Å². The van der Waals surface area contributed by atoms with Gasteiger partial charge in [0.2, 0.25) is 5.91 Å². The Labute approximate surface area is 429 Å². The van der Waals surface area contributed by atoms with E-state index in [0.29, 0.717) is 12.8 Å². The first-order chi connectivity index (χ1) is 34.8. The predicted octanol–water partition coefficient (Wildman–Crippen LogP) is 3.43. The number of aliphatic hydroxyl groups is 11. The molecule has 0 radical (unpaired) electrons. The van der Waals surface area contributed by atoms with Crippen LogP contribution in [-0.4, -0.2) is 193 Å². The van der Waals surface area contributed by atoms with Gasteiger partial charge in [-0.15, -0.1) is 0 Å². The summed E-state index contributed by atoms with van der Waals surface area (Å²) in [6.45, 7) is 1.70. The molecule has 3 rings (SSSR count). The normalized spacial score (nSPS) is 32.0. The Hall–Kier alpha value is -1.47. The number of unbranched alkanes of at least 4 members (excludes halogenated alkanes) is 22. The summed E-state index contributed by atoms with van der Waals surface area (Å²) in [5.74, 6) is -0.255. The first-order valence-corrected chi connectivity index (χ1v) is 27.9. The molecule has 3 saturated heterocycles. The second-order valence-electron chi connectivity index (χ2n) is 20.4. The number of hydrogen-bond acceptors (Lipinski definition) is 18. The van der Waals surface area contributed by atoms with Crippen molar-refractivity contribution in [1.82, 2.24) is 5.32 Å². The number of rotatable bonds is 40. The average Bonchev–Trinajstić information content (AvgIpc) is 3.37. The molecule has 19 nitrogen and oxygen atoms in total. The second-order valence-corrected chi connectivity index (χ2v) is 20.4. The Balaban J connectivity index is 1.51. The number of hydrogen-bond donors (Lipinski definition) is 12. The third-order valence-electron chi connectivity index (χ3n) is 14.3. The zero-order valence-corrected chi connectivity index (χ0v) is 43.7. The van der Waals surface area contributed by atoms with Gasteiger partial charge < -0.3 is 89.9 Å². The zero-order chi connectivity index (χ0) is 52.7. The topological polar surface area (TPSA) is 307 Å². The quantitative estimate of drug-likeness (QED) is 0.0309. The largest absolute Gasteiger partial charge is 0.394 e. The van der Waals surface area contributed by atoms with E-state index in [1.165, 1.54) is 83.5 Å². The summed E-state index contributed by atoms with van der Waals surface area (Å²) in [4.78, 5) is 13.2. The fourth-order valence-electron chi connectivity index (χ4n) is 9.67. The van der Waals surface area contributed by atoms with Crippen LogP contribution >= 0.6 is 0 Å². The predicted molar refractivity (Wildman–Crippen MR) is 268 cm³/mol. The SMILES string of the molecule is CCC/C=C\CCCCCCCC(=O)NC(COC1OC(CO)C(OC2OC(CO)C(OC3OC(CO)C(O)C(O)C3O)C(O)C2O)C(O)C1O)C(O)CCCCCCCCCCCCCCCCCCC. The molecule has 0 aliphatic carbocycles. The van der Waals surface area contributed by atoms with Crippen LogP contribution in [0.25, 0.3) is 0 Å². The standard InChI is InChI=1S/C53H99NO18/c1-3-5-7-9-11-13-15-16-17-18-19-20-21-22-24-26-28-30-37(58)36(54-41(59)31-29-27-25-23-14-12-10-8-6-4-2)35-67-51-47(65)44(62)49(39(33-56)69-51)72-53-48(66)45(63)50(40(34-57)70-53)71-52-46(64)43(61)42(60)38(32-55)68-52/h8,10,36-40,42-53,55-58,60-66H,3-7,9,11-35H2,1-2H3,(H,54,59)/b10-8-. The van der Waals surface area contributed by atoms with Gasteiger partial charge in [0.05, 0.1) is 38.6 Å². The van der Waals surface area contributed by atoms with Crippen LogP contribution in [0, 0.1) is 0 Å². The molecule has 19 heteroatoms. The van der Waals surface area contributed by atoms with Crippen molar-refractivity contribution in [2.45, 2.75) is 291 Å². The van der Waals surface area contributed by atoms with E-state index in [2.05, 4.69) is 31.3 Å². The fraction of sp³-hybridized carbons (Fsp3) is 0.943. The lowest BCUT2D eigenvalue weighted by Crippen LogP contribution is -2.66. The van der Waals surface area contributed by atoms with Gasteiger partial charge in [0.25, 0.3) is 0 Å². The van der Waals surface area contributed by atoms with Crippen LogP contribution in [0.4, 0.5) is 0 Å². The summed E-state index contributed by atoms with van der Waals surface area (Å²) < 4.78 is 34.2. The Morgan fingerprint density at radius 3 is 1.40 bits per heavy atom. The molecule has 0 aromatic rings. The molecule has 17 unspecified atom stereocenters. The van der Waals surface area contributed by atoms with E-state index in [-0.39, 0.29) is 18.9 Å². The van der Waals surface area contributed by atoms with E-state index < -0.39 is 124 Å². The van der Waals surface area contributed by atoms with E-state index in [1.54, 1.807) is 0 Å². The Morgan fingerprint density at radius 1 is 0.486 bits per heavy atom. The van der Waals surface area contributed by atoms with Gasteiger partial charge in [-0.1, -0.05) is 161 Å². The second kappa shape index (κ2) is 38.1. The molecule has 0 saturated carbocycles. The molecule has 3 aliphatic rings. The van der Waals surface area contributed by atoms with Crippen LogP contribution in [0.2, 0.25) is 0 Å². The lowest BCUT2D eigenvalue weighted by molar-refractivity contribution is -0.379. The highest BCUT2D eigenvalue weighted by atomic mass is 16.8. The minimum Gasteiger partial charge on any atom is -0.394 e. The van der Waals surface area contributed by atoms with Crippen molar-refractivity contribution in [3.05, 3.63) is 12.2 Å². The van der Waals surface area contributed by atoms with Crippen molar-refractivity contribution in [3.63, 3.8) is 0 Å². The molecule has 12 N–H and O–H groups in total. The van der Waals surface area contributed by atoms with Gasteiger partial charge in [-0.2, -0.15) is 0 Å². The lowest BCUT2D eigenvalue weighted by Gasteiger charge is -2.48. The van der Waals surface area contributed by atoms with Crippen molar-refractivity contribution in [1.29, 1.82) is 0 Å². The number of ether oxygens (including phenoxy) is 6. The minimum absolute atomic E-state index is 0.255. The molecule has 0 aromatic heterocycles. The number of nitrogens with one attached hydrogen (secondary N) is 1. The molecule has 3 aliphatic heterocycles. The molecule has 72 heavy (non-hydrogen) atoms. The number of amides is 1. The Bertz CT molecular complexity index is 1380. The van der Waals surface area contributed by atoms with E-state index >= 15 is 0 Å². The summed E-state index contributed by atoms with van der Waals surface area (Å²) >= 11 is 0. The summed E-state index contributed by atoms with van der Waals surface area (Å²) in [7, 11) is 0. The maximum Gasteiger partial charge on any atom is 0.220 e. The minimum atomic E-state index is -1.97. The van der Waals surface area contributed by atoms with E-state index in [1.807, 2.05) is 0 Å². The summed E-state index contributed by atoms with van der Waals surface area (Å²) in [5.41, 5.74) is 0. The highest BCUT2D eigenvalue weighted by Gasteiger charge is 2.53. The number of allylic oxidation sites excluding steroid dienone is 2. The van der Waals surface area contributed by atoms with Gasteiger partial charge in [-0.25, -0.2) is 0 Å². The summed E-state index contributed by atoms with van der Waals surface area (Å²) in [6.07, 6.45) is 7.47. The van der Waals surface area contributed by atoms with Crippen LogP contribution in [0.15, 0.2) is 12.2 Å². The molecule has 424 valence electrons. The highest BCUT2D eigenvalue weighted by Crippen LogP contribution is 2.33. The van der Waals surface area contributed by atoms with E-state index in [9.17, 15) is 61.0 Å². The highest BCUT2D eigenvalue weighted by molar-refractivity contribution is 5.76. The van der Waals surface area contributed by atoms with Crippen LogP contribution in [0.3, 0.4) is 0 Å². The Kier molecular flexibility index (Phi) is 34.3. The Morgan fingerprint density at radius 2 is 0.903 bits per heavy atom. The summed E-state index contributed by atoms with van der Waals surface area (Å²) in [6, 6.07) is -0.885. The van der Waals surface area contributed by atoms with Crippen molar-refractivity contribution in [3.8, 4) is 0 Å². The monoisotopic (exact) mass is 1040 g/mol. The molecule has 0 aromatic carbocycles. The molecule has 0 bridgehead atoms. The molecular formula is C53H99NO18. The first-order valence-electron chi connectivity index (χ1n) is 27.9. The molecule has 0 spiro atoms. The molecule has 3 heterocycles.